The standard InChI is InChI=1S/C14H14F3N3O2/c15-14(16,17)13-20-10-6-9(3-4-11(10)22-13)19-12(21)8-2-1-5-18-7-8/h3-4,6,8,18H,1-2,5,7H2,(H,19,21). The summed E-state index contributed by atoms with van der Waals surface area (Å²) in [5.41, 5.74) is 0.502. The first kappa shape index (κ1) is 14.8. The zero-order chi connectivity index (χ0) is 15.7. The smallest absolute Gasteiger partial charge is 0.433 e. The Balaban J connectivity index is 1.78. The molecule has 8 heteroatoms. The Kier molecular flexibility index (Phi) is 3.78. The second-order valence-corrected chi connectivity index (χ2v) is 5.23. The van der Waals surface area contributed by atoms with E-state index in [2.05, 4.69) is 20.0 Å². The van der Waals surface area contributed by atoms with Crippen molar-refractivity contribution in [3.63, 3.8) is 0 Å². The predicted octanol–water partition coefficient (Wildman–Crippen LogP) is 2.78. The minimum absolute atomic E-state index is 0.0321. The van der Waals surface area contributed by atoms with Gasteiger partial charge in [0.2, 0.25) is 5.91 Å². The summed E-state index contributed by atoms with van der Waals surface area (Å²) < 4.78 is 42.3. The molecule has 2 heterocycles. The number of oxazole rings is 1. The zero-order valence-corrected chi connectivity index (χ0v) is 11.5. The highest BCUT2D eigenvalue weighted by molar-refractivity contribution is 5.94. The number of nitrogens with one attached hydrogen (secondary N) is 2. The summed E-state index contributed by atoms with van der Waals surface area (Å²) in [6.45, 7) is 1.51. The van der Waals surface area contributed by atoms with Crippen molar-refractivity contribution >= 4 is 22.7 Å². The molecule has 5 nitrogen and oxygen atoms in total. The van der Waals surface area contributed by atoms with Crippen molar-refractivity contribution in [2.45, 2.75) is 19.0 Å². The Morgan fingerprint density at radius 2 is 2.23 bits per heavy atom. The van der Waals surface area contributed by atoms with Crippen molar-refractivity contribution in [2.75, 3.05) is 18.4 Å². The Hall–Kier alpha value is -2.09. The summed E-state index contributed by atoms with van der Waals surface area (Å²) in [7, 11) is 0. The molecule has 3 rings (SSSR count). The van der Waals surface area contributed by atoms with E-state index in [-0.39, 0.29) is 22.9 Å². The summed E-state index contributed by atoms with van der Waals surface area (Å²) in [4.78, 5) is 15.5. The fraction of sp³-hybridized carbons (Fsp3) is 0.429. The third-order valence-electron chi connectivity index (χ3n) is 3.57. The fourth-order valence-corrected chi connectivity index (χ4v) is 2.45. The van der Waals surface area contributed by atoms with Crippen LogP contribution in [0.3, 0.4) is 0 Å². The van der Waals surface area contributed by atoms with Crippen LogP contribution < -0.4 is 10.6 Å². The molecule has 1 aliphatic heterocycles. The molecule has 1 amide bonds. The average molecular weight is 313 g/mol. The van der Waals surface area contributed by atoms with Gasteiger partial charge in [-0.05, 0) is 37.6 Å². The van der Waals surface area contributed by atoms with Crippen LogP contribution in [0, 0.1) is 5.92 Å². The van der Waals surface area contributed by atoms with Gasteiger partial charge in [0.25, 0.3) is 0 Å². The quantitative estimate of drug-likeness (QED) is 0.894. The molecule has 2 aromatic rings. The topological polar surface area (TPSA) is 67.2 Å². The number of hydrogen-bond acceptors (Lipinski definition) is 4. The first-order chi connectivity index (χ1) is 10.4. The third-order valence-corrected chi connectivity index (χ3v) is 3.57. The molecule has 118 valence electrons. The summed E-state index contributed by atoms with van der Waals surface area (Å²) in [5, 5.41) is 5.85. The number of rotatable bonds is 2. The van der Waals surface area contributed by atoms with Gasteiger partial charge in [0, 0.05) is 12.2 Å². The summed E-state index contributed by atoms with van der Waals surface area (Å²) in [5.74, 6) is -1.57. The molecule has 1 aliphatic rings. The van der Waals surface area contributed by atoms with E-state index < -0.39 is 12.1 Å². The molecule has 0 radical (unpaired) electrons. The number of anilines is 1. The maximum Gasteiger partial charge on any atom is 0.468 e. The van der Waals surface area contributed by atoms with Crippen LogP contribution in [0.2, 0.25) is 0 Å². The zero-order valence-electron chi connectivity index (χ0n) is 11.5. The minimum atomic E-state index is -4.63. The lowest BCUT2D eigenvalue weighted by Gasteiger charge is -2.21. The Morgan fingerprint density at radius 3 is 2.91 bits per heavy atom. The van der Waals surface area contributed by atoms with Gasteiger partial charge in [-0.3, -0.25) is 4.79 Å². The number of benzene rings is 1. The summed E-state index contributed by atoms with van der Waals surface area (Å²) in [6, 6.07) is 4.25. The number of hydrogen-bond donors (Lipinski definition) is 2. The SMILES string of the molecule is O=C(Nc1ccc2oc(C(F)(F)F)nc2c1)C1CCCNC1. The van der Waals surface area contributed by atoms with Gasteiger partial charge in [-0.25, -0.2) is 4.98 Å². The van der Waals surface area contributed by atoms with E-state index in [0.717, 1.165) is 19.4 Å². The summed E-state index contributed by atoms with van der Waals surface area (Å²) >= 11 is 0. The minimum Gasteiger partial charge on any atom is -0.433 e. The van der Waals surface area contributed by atoms with E-state index in [4.69, 9.17) is 0 Å². The molecule has 0 bridgehead atoms. The van der Waals surface area contributed by atoms with Gasteiger partial charge in [0.1, 0.15) is 5.52 Å². The van der Waals surface area contributed by atoms with Gasteiger partial charge in [-0.15, -0.1) is 0 Å². The van der Waals surface area contributed by atoms with Crippen LogP contribution in [-0.2, 0) is 11.0 Å². The second kappa shape index (κ2) is 5.60. The number of nitrogens with zero attached hydrogens (tertiary/aromatic N) is 1. The summed E-state index contributed by atoms with van der Waals surface area (Å²) in [6.07, 6.45) is -2.91. The fourth-order valence-electron chi connectivity index (χ4n) is 2.45. The van der Waals surface area contributed by atoms with Crippen molar-refractivity contribution in [1.82, 2.24) is 10.3 Å². The molecule has 1 aromatic carbocycles. The Bertz CT molecular complexity index is 690. The number of aromatic nitrogens is 1. The highest BCUT2D eigenvalue weighted by atomic mass is 19.4. The number of carbonyl (C=O) groups excluding carboxylic acids is 1. The molecular weight excluding hydrogens is 299 g/mol. The lowest BCUT2D eigenvalue weighted by Crippen LogP contribution is -2.37. The van der Waals surface area contributed by atoms with Crippen LogP contribution in [0.4, 0.5) is 18.9 Å². The van der Waals surface area contributed by atoms with Crippen LogP contribution in [0.15, 0.2) is 22.6 Å². The largest absolute Gasteiger partial charge is 0.468 e. The van der Waals surface area contributed by atoms with Crippen molar-refractivity contribution in [3.8, 4) is 0 Å². The molecule has 0 saturated carbocycles. The normalized spacial score (nSPS) is 19.3. The van der Waals surface area contributed by atoms with Gasteiger partial charge in [-0.1, -0.05) is 0 Å². The van der Waals surface area contributed by atoms with E-state index in [0.29, 0.717) is 12.2 Å². The van der Waals surface area contributed by atoms with Gasteiger partial charge in [-0.2, -0.15) is 13.2 Å². The maximum atomic E-state index is 12.5. The van der Waals surface area contributed by atoms with Crippen LogP contribution >= 0.6 is 0 Å². The van der Waals surface area contributed by atoms with Gasteiger partial charge in [0.05, 0.1) is 5.92 Å². The van der Waals surface area contributed by atoms with Crippen molar-refractivity contribution in [3.05, 3.63) is 24.1 Å². The highest BCUT2D eigenvalue weighted by Gasteiger charge is 2.37. The lowest BCUT2D eigenvalue weighted by atomic mass is 9.99. The van der Waals surface area contributed by atoms with E-state index in [1.807, 2.05) is 0 Å². The van der Waals surface area contributed by atoms with E-state index in [1.165, 1.54) is 18.2 Å². The first-order valence-corrected chi connectivity index (χ1v) is 6.93. The van der Waals surface area contributed by atoms with Gasteiger partial charge < -0.3 is 15.1 Å². The van der Waals surface area contributed by atoms with Crippen molar-refractivity contribution < 1.29 is 22.4 Å². The predicted molar refractivity (Wildman–Crippen MR) is 73.2 cm³/mol. The number of fused-ring (bicyclic) bond motifs is 1. The third kappa shape index (κ3) is 3.06. The second-order valence-electron chi connectivity index (χ2n) is 5.23. The van der Waals surface area contributed by atoms with Crippen LogP contribution in [0.5, 0.6) is 0 Å². The average Bonchev–Trinajstić information content (AvgIpc) is 2.91. The van der Waals surface area contributed by atoms with Crippen LogP contribution in [-0.4, -0.2) is 24.0 Å². The molecule has 1 aromatic heterocycles. The number of piperidine rings is 1. The maximum absolute atomic E-state index is 12.5. The molecule has 1 fully saturated rings. The van der Waals surface area contributed by atoms with Gasteiger partial charge >= 0.3 is 12.1 Å². The molecule has 1 saturated heterocycles. The number of amides is 1. The Morgan fingerprint density at radius 1 is 1.41 bits per heavy atom. The van der Waals surface area contributed by atoms with Crippen molar-refractivity contribution in [1.29, 1.82) is 0 Å². The first-order valence-electron chi connectivity index (χ1n) is 6.93. The Labute approximate surface area is 123 Å². The van der Waals surface area contributed by atoms with E-state index in [9.17, 15) is 18.0 Å². The molecular formula is C14H14F3N3O2. The van der Waals surface area contributed by atoms with Crippen molar-refractivity contribution in [2.24, 2.45) is 5.92 Å². The van der Waals surface area contributed by atoms with E-state index >= 15 is 0 Å². The number of halogens is 3. The van der Waals surface area contributed by atoms with Crippen LogP contribution in [0.25, 0.3) is 11.1 Å². The monoisotopic (exact) mass is 313 g/mol. The highest BCUT2D eigenvalue weighted by Crippen LogP contribution is 2.31. The molecule has 2 N–H and O–H groups in total. The molecule has 1 atom stereocenters. The van der Waals surface area contributed by atoms with Crippen LogP contribution in [0.1, 0.15) is 18.7 Å². The van der Waals surface area contributed by atoms with E-state index in [1.54, 1.807) is 0 Å². The number of carbonyl (C=O) groups is 1. The lowest BCUT2D eigenvalue weighted by molar-refractivity contribution is -0.156. The number of alkyl halides is 3. The molecule has 0 spiro atoms. The molecule has 0 aliphatic carbocycles. The molecule has 1 unspecified atom stereocenters. The van der Waals surface area contributed by atoms with Gasteiger partial charge in [0.15, 0.2) is 5.58 Å². The molecule has 22 heavy (non-hydrogen) atoms.